The topological polar surface area (TPSA) is 76.2 Å². The molecule has 2 aromatic rings. The summed E-state index contributed by atoms with van der Waals surface area (Å²) in [4.78, 5) is 15.6. The third kappa shape index (κ3) is 2.71. The number of fused-ring (bicyclic) bond motifs is 1. The van der Waals surface area contributed by atoms with Crippen molar-refractivity contribution in [3.8, 4) is 0 Å². The summed E-state index contributed by atoms with van der Waals surface area (Å²) in [6.45, 7) is 5.62. The summed E-state index contributed by atoms with van der Waals surface area (Å²) in [7, 11) is 0. The van der Waals surface area contributed by atoms with Gasteiger partial charge in [-0.25, -0.2) is 9.78 Å². The van der Waals surface area contributed by atoms with E-state index in [1.807, 2.05) is 26.2 Å². The molecule has 0 aromatic carbocycles. The van der Waals surface area contributed by atoms with Crippen molar-refractivity contribution in [3.63, 3.8) is 0 Å². The van der Waals surface area contributed by atoms with E-state index in [2.05, 4.69) is 20.9 Å². The van der Waals surface area contributed by atoms with Crippen molar-refractivity contribution in [2.45, 2.75) is 20.8 Å². The highest BCUT2D eigenvalue weighted by molar-refractivity contribution is 9.10. The molecule has 0 saturated carbocycles. The second-order valence-corrected chi connectivity index (χ2v) is 7.23. The summed E-state index contributed by atoms with van der Waals surface area (Å²) in [5, 5.41) is 12.1. The molecule has 0 atom stereocenters. The molecule has 2 rings (SSSR count). The van der Waals surface area contributed by atoms with Crippen molar-refractivity contribution in [1.82, 2.24) is 4.98 Å². The Labute approximate surface area is 129 Å². The molecular formula is C14H15BrN2O2S. The van der Waals surface area contributed by atoms with Crippen LogP contribution < -0.4 is 5.73 Å². The number of carbonyl (C=O) groups is 1. The van der Waals surface area contributed by atoms with Gasteiger partial charge in [0.15, 0.2) is 0 Å². The standard InChI is InChI=1S/C14H15BrN2O2S/c1-14(2,3)8(13(18)19)4-7-5-17-12(16)10-9(15)6-20-11(7)10/h4-6H,1-3H3,(H2,16,17)(H,18,19)/b8-4-. The molecule has 0 fully saturated rings. The Hall–Kier alpha value is -1.40. The first-order chi connectivity index (χ1) is 9.21. The quantitative estimate of drug-likeness (QED) is 0.794. The molecule has 0 unspecified atom stereocenters. The number of carboxylic acids is 1. The van der Waals surface area contributed by atoms with Gasteiger partial charge in [0.2, 0.25) is 0 Å². The summed E-state index contributed by atoms with van der Waals surface area (Å²) in [5.74, 6) is -0.476. The number of aromatic nitrogens is 1. The van der Waals surface area contributed by atoms with Crippen LogP contribution in [-0.2, 0) is 4.79 Å². The molecular weight excluding hydrogens is 340 g/mol. The van der Waals surface area contributed by atoms with Crippen molar-refractivity contribution in [3.05, 3.63) is 27.2 Å². The zero-order valence-corrected chi connectivity index (χ0v) is 13.8. The molecule has 0 saturated heterocycles. The van der Waals surface area contributed by atoms with Gasteiger partial charge in [-0.2, -0.15) is 0 Å². The number of thiophene rings is 1. The van der Waals surface area contributed by atoms with Crippen LogP contribution in [0.3, 0.4) is 0 Å². The third-order valence-corrected chi connectivity index (χ3v) is 4.90. The molecule has 0 radical (unpaired) electrons. The number of pyridine rings is 1. The van der Waals surface area contributed by atoms with Crippen LogP contribution in [-0.4, -0.2) is 16.1 Å². The van der Waals surface area contributed by atoms with Crippen LogP contribution >= 0.6 is 27.3 Å². The van der Waals surface area contributed by atoms with E-state index in [0.29, 0.717) is 11.4 Å². The molecule has 20 heavy (non-hydrogen) atoms. The fraction of sp³-hybridized carbons (Fsp3) is 0.286. The Morgan fingerprint density at radius 2 is 2.15 bits per heavy atom. The highest BCUT2D eigenvalue weighted by atomic mass is 79.9. The summed E-state index contributed by atoms with van der Waals surface area (Å²) in [5.41, 5.74) is 6.54. The number of nitrogens with two attached hydrogens (primary N) is 1. The lowest BCUT2D eigenvalue weighted by Gasteiger charge is -2.19. The normalized spacial score (nSPS) is 12.9. The SMILES string of the molecule is CC(C)(C)/C(=C\c1cnc(N)c2c(Br)csc12)C(=O)O. The van der Waals surface area contributed by atoms with Crippen molar-refractivity contribution in [2.75, 3.05) is 5.73 Å². The molecule has 0 aliphatic heterocycles. The van der Waals surface area contributed by atoms with Gasteiger partial charge >= 0.3 is 5.97 Å². The highest BCUT2D eigenvalue weighted by Crippen LogP contribution is 2.37. The number of hydrogen-bond donors (Lipinski definition) is 2. The molecule has 2 heterocycles. The molecule has 2 aromatic heterocycles. The molecule has 106 valence electrons. The Morgan fingerprint density at radius 1 is 1.50 bits per heavy atom. The number of nitrogens with zero attached hydrogens (tertiary/aromatic N) is 1. The predicted molar refractivity (Wildman–Crippen MR) is 86.8 cm³/mol. The van der Waals surface area contributed by atoms with Gasteiger partial charge in [-0.05, 0) is 27.4 Å². The molecule has 0 amide bonds. The van der Waals surface area contributed by atoms with Gasteiger partial charge in [-0.15, -0.1) is 11.3 Å². The van der Waals surface area contributed by atoms with Crippen LogP contribution in [0.4, 0.5) is 5.82 Å². The molecule has 0 spiro atoms. The fourth-order valence-electron chi connectivity index (χ4n) is 1.91. The van der Waals surface area contributed by atoms with Gasteiger partial charge in [-0.3, -0.25) is 0 Å². The molecule has 4 nitrogen and oxygen atoms in total. The molecule has 0 aliphatic rings. The lowest BCUT2D eigenvalue weighted by atomic mass is 9.85. The number of rotatable bonds is 2. The number of halogens is 1. The highest BCUT2D eigenvalue weighted by Gasteiger charge is 2.24. The van der Waals surface area contributed by atoms with Gasteiger partial charge in [0.05, 0.1) is 0 Å². The fourth-order valence-corrected chi connectivity index (χ4v) is 3.64. The lowest BCUT2D eigenvalue weighted by Crippen LogP contribution is -2.17. The number of nitrogen functional groups attached to an aromatic ring is 1. The van der Waals surface area contributed by atoms with E-state index < -0.39 is 11.4 Å². The van der Waals surface area contributed by atoms with Crippen molar-refractivity contribution in [2.24, 2.45) is 5.41 Å². The lowest BCUT2D eigenvalue weighted by molar-refractivity contribution is -0.133. The third-order valence-electron chi connectivity index (χ3n) is 2.95. The average molecular weight is 355 g/mol. The van der Waals surface area contributed by atoms with Crippen LogP contribution in [0.5, 0.6) is 0 Å². The van der Waals surface area contributed by atoms with E-state index in [4.69, 9.17) is 5.73 Å². The van der Waals surface area contributed by atoms with Gasteiger partial charge < -0.3 is 10.8 Å². The Bertz CT molecular complexity index is 714. The maximum Gasteiger partial charge on any atom is 0.332 e. The Balaban J connectivity index is 2.70. The molecule has 0 bridgehead atoms. The second kappa shape index (κ2) is 5.18. The number of carboxylic acid groups (broad SMARTS) is 1. The molecule has 6 heteroatoms. The van der Waals surface area contributed by atoms with E-state index >= 15 is 0 Å². The maximum absolute atomic E-state index is 11.4. The predicted octanol–water partition coefficient (Wildman–Crippen LogP) is 4.16. The van der Waals surface area contributed by atoms with Crippen LogP contribution in [0.2, 0.25) is 0 Å². The van der Waals surface area contributed by atoms with Gasteiger partial charge in [0.25, 0.3) is 0 Å². The van der Waals surface area contributed by atoms with Gasteiger partial charge in [0, 0.05) is 37.3 Å². The summed E-state index contributed by atoms with van der Waals surface area (Å²) < 4.78 is 1.82. The first-order valence-corrected chi connectivity index (χ1v) is 7.65. The van der Waals surface area contributed by atoms with E-state index in [1.165, 1.54) is 11.3 Å². The zero-order valence-electron chi connectivity index (χ0n) is 11.4. The Morgan fingerprint density at radius 3 is 2.70 bits per heavy atom. The summed E-state index contributed by atoms with van der Waals surface area (Å²) >= 11 is 4.95. The summed E-state index contributed by atoms with van der Waals surface area (Å²) in [6, 6.07) is 0. The average Bonchev–Trinajstić information content (AvgIpc) is 2.69. The van der Waals surface area contributed by atoms with Crippen LogP contribution in [0, 0.1) is 5.41 Å². The van der Waals surface area contributed by atoms with Crippen molar-refractivity contribution < 1.29 is 9.90 Å². The maximum atomic E-state index is 11.4. The molecule has 3 N–H and O–H groups in total. The first-order valence-electron chi connectivity index (χ1n) is 5.98. The Kier molecular flexibility index (Phi) is 3.88. The van der Waals surface area contributed by atoms with Crippen molar-refractivity contribution in [1.29, 1.82) is 0 Å². The number of hydrogen-bond acceptors (Lipinski definition) is 4. The second-order valence-electron chi connectivity index (χ2n) is 5.50. The minimum absolute atomic E-state index is 0.342. The van der Waals surface area contributed by atoms with E-state index in [9.17, 15) is 9.90 Å². The minimum Gasteiger partial charge on any atom is -0.478 e. The smallest absolute Gasteiger partial charge is 0.332 e. The monoisotopic (exact) mass is 354 g/mol. The van der Waals surface area contributed by atoms with E-state index in [-0.39, 0.29) is 0 Å². The number of anilines is 1. The zero-order chi connectivity index (χ0) is 15.1. The van der Waals surface area contributed by atoms with Gasteiger partial charge in [-0.1, -0.05) is 20.8 Å². The minimum atomic E-state index is -0.918. The van der Waals surface area contributed by atoms with Crippen LogP contribution in [0.25, 0.3) is 16.2 Å². The first kappa shape index (κ1) is 15.0. The van der Waals surface area contributed by atoms with Gasteiger partial charge in [0.1, 0.15) is 5.82 Å². The summed E-state index contributed by atoms with van der Waals surface area (Å²) in [6.07, 6.45) is 3.30. The largest absolute Gasteiger partial charge is 0.478 e. The molecule has 0 aliphatic carbocycles. The van der Waals surface area contributed by atoms with E-state index in [1.54, 1.807) is 12.3 Å². The van der Waals surface area contributed by atoms with E-state index in [0.717, 1.165) is 20.1 Å². The van der Waals surface area contributed by atoms with Crippen LogP contribution in [0.1, 0.15) is 26.3 Å². The van der Waals surface area contributed by atoms with Crippen LogP contribution in [0.15, 0.2) is 21.6 Å². The van der Waals surface area contributed by atoms with Crippen molar-refractivity contribution >= 4 is 55.2 Å². The number of aliphatic carboxylic acids is 1.